The third-order valence-electron chi connectivity index (χ3n) is 5.85. The summed E-state index contributed by atoms with van der Waals surface area (Å²) in [5.41, 5.74) is 0.658. The van der Waals surface area contributed by atoms with Gasteiger partial charge in [0, 0.05) is 19.0 Å². The maximum atomic E-state index is 12.6. The zero-order chi connectivity index (χ0) is 20.8. The van der Waals surface area contributed by atoms with Crippen LogP contribution in [0.2, 0.25) is 0 Å². The van der Waals surface area contributed by atoms with Crippen LogP contribution in [0.1, 0.15) is 25.7 Å². The van der Waals surface area contributed by atoms with E-state index in [0.29, 0.717) is 23.9 Å². The number of para-hydroxylation sites is 3. The minimum atomic E-state index is -0.0663. The molecule has 2 fully saturated rings. The third-order valence-corrected chi connectivity index (χ3v) is 5.85. The lowest BCUT2D eigenvalue weighted by Gasteiger charge is -2.32. The predicted molar refractivity (Wildman–Crippen MR) is 117 cm³/mol. The van der Waals surface area contributed by atoms with Crippen molar-refractivity contribution in [2.45, 2.75) is 25.7 Å². The van der Waals surface area contributed by atoms with Crippen molar-refractivity contribution in [3.63, 3.8) is 0 Å². The number of piperidine rings is 1. The quantitative estimate of drug-likeness (QED) is 0.792. The summed E-state index contributed by atoms with van der Waals surface area (Å²) >= 11 is 0. The second-order valence-corrected chi connectivity index (χ2v) is 8.04. The second-order valence-electron chi connectivity index (χ2n) is 8.04. The van der Waals surface area contributed by atoms with E-state index in [2.05, 4.69) is 10.2 Å². The molecule has 6 heteroatoms. The molecule has 0 unspecified atom stereocenters. The van der Waals surface area contributed by atoms with E-state index in [1.165, 1.54) is 0 Å². The number of rotatable bonds is 6. The van der Waals surface area contributed by atoms with Gasteiger partial charge in [-0.05, 0) is 63.0 Å². The first-order valence-electron chi connectivity index (χ1n) is 10.8. The Balaban J connectivity index is 1.28. The van der Waals surface area contributed by atoms with Crippen LogP contribution in [0.15, 0.2) is 54.6 Å². The van der Waals surface area contributed by atoms with E-state index in [1.54, 1.807) is 0 Å². The van der Waals surface area contributed by atoms with Gasteiger partial charge >= 0.3 is 0 Å². The fourth-order valence-electron chi connectivity index (χ4n) is 4.20. The van der Waals surface area contributed by atoms with E-state index >= 15 is 0 Å². The summed E-state index contributed by atoms with van der Waals surface area (Å²) in [5, 5.41) is 2.98. The molecule has 0 aliphatic carbocycles. The lowest BCUT2D eigenvalue weighted by molar-refractivity contribution is -0.136. The van der Waals surface area contributed by atoms with Gasteiger partial charge in [-0.3, -0.25) is 14.5 Å². The summed E-state index contributed by atoms with van der Waals surface area (Å²) in [6.07, 6.45) is 3.91. The van der Waals surface area contributed by atoms with Gasteiger partial charge in [0.1, 0.15) is 5.75 Å². The van der Waals surface area contributed by atoms with Crippen LogP contribution in [0.4, 0.5) is 5.69 Å². The van der Waals surface area contributed by atoms with Crippen LogP contribution in [0.25, 0.3) is 0 Å². The first-order chi connectivity index (χ1) is 14.7. The Bertz CT molecular complexity index is 857. The van der Waals surface area contributed by atoms with Crippen molar-refractivity contribution in [3.05, 3.63) is 54.6 Å². The lowest BCUT2D eigenvalue weighted by atomic mass is 9.95. The maximum Gasteiger partial charge on any atom is 0.238 e. The molecule has 2 amide bonds. The number of carbonyl (C=O) groups is 2. The van der Waals surface area contributed by atoms with Gasteiger partial charge in [-0.25, -0.2) is 0 Å². The Labute approximate surface area is 177 Å². The highest BCUT2D eigenvalue weighted by atomic mass is 16.5. The molecule has 30 heavy (non-hydrogen) atoms. The third kappa shape index (κ3) is 5.19. The number of ether oxygens (including phenoxy) is 1. The maximum absolute atomic E-state index is 12.6. The number of likely N-dealkylation sites (tertiary alicyclic amines) is 2. The summed E-state index contributed by atoms with van der Waals surface area (Å²) in [5.74, 6) is 1.70. The van der Waals surface area contributed by atoms with Gasteiger partial charge < -0.3 is 15.0 Å². The summed E-state index contributed by atoms with van der Waals surface area (Å²) in [4.78, 5) is 29.3. The molecular formula is C24H29N3O3. The summed E-state index contributed by atoms with van der Waals surface area (Å²) in [6.45, 7) is 3.70. The summed E-state index contributed by atoms with van der Waals surface area (Å²) in [7, 11) is 0. The van der Waals surface area contributed by atoms with Crippen LogP contribution < -0.4 is 10.1 Å². The van der Waals surface area contributed by atoms with Gasteiger partial charge in [-0.2, -0.15) is 0 Å². The largest absolute Gasteiger partial charge is 0.455 e. The average Bonchev–Trinajstić information content (AvgIpc) is 3.31. The van der Waals surface area contributed by atoms with Gasteiger partial charge in [0.25, 0.3) is 0 Å². The molecule has 6 nitrogen and oxygen atoms in total. The number of carbonyl (C=O) groups excluding carboxylic acids is 2. The normalized spacial score (nSPS) is 17.7. The zero-order valence-electron chi connectivity index (χ0n) is 17.3. The van der Waals surface area contributed by atoms with Crippen molar-refractivity contribution in [3.8, 4) is 11.5 Å². The molecule has 4 rings (SSSR count). The van der Waals surface area contributed by atoms with Gasteiger partial charge in [-0.1, -0.05) is 30.3 Å². The molecule has 0 bridgehead atoms. The van der Waals surface area contributed by atoms with E-state index in [-0.39, 0.29) is 11.8 Å². The standard InChI is InChI=1S/C24H29N3O3/c28-23(18-26-16-12-19(13-17-26)24(29)27-14-6-7-15-27)25-21-10-4-5-11-22(21)30-20-8-2-1-3-9-20/h1-5,8-11,19H,6-7,12-18H2,(H,25,28). The molecule has 0 saturated carbocycles. The van der Waals surface area contributed by atoms with Crippen LogP contribution in [-0.4, -0.2) is 54.3 Å². The second kappa shape index (κ2) is 9.76. The predicted octanol–water partition coefficient (Wildman–Crippen LogP) is 3.75. The first-order valence-corrected chi connectivity index (χ1v) is 10.8. The van der Waals surface area contributed by atoms with Crippen LogP contribution >= 0.6 is 0 Å². The molecule has 0 aromatic heterocycles. The summed E-state index contributed by atoms with van der Waals surface area (Å²) < 4.78 is 5.92. The van der Waals surface area contributed by atoms with E-state index < -0.39 is 0 Å². The molecule has 0 atom stereocenters. The fraction of sp³-hybridized carbons (Fsp3) is 0.417. The highest BCUT2D eigenvalue weighted by Crippen LogP contribution is 2.29. The molecular weight excluding hydrogens is 378 g/mol. The molecule has 2 saturated heterocycles. The van der Waals surface area contributed by atoms with E-state index in [0.717, 1.165) is 57.6 Å². The summed E-state index contributed by atoms with van der Waals surface area (Å²) in [6, 6.07) is 17.0. The van der Waals surface area contributed by atoms with Crippen molar-refractivity contribution in [1.82, 2.24) is 9.80 Å². The Morgan fingerprint density at radius 1 is 0.900 bits per heavy atom. The number of hydrogen-bond acceptors (Lipinski definition) is 4. The molecule has 2 aromatic rings. The molecule has 2 heterocycles. The highest BCUT2D eigenvalue weighted by Gasteiger charge is 2.30. The Hall–Kier alpha value is -2.86. The molecule has 158 valence electrons. The Morgan fingerprint density at radius 2 is 1.57 bits per heavy atom. The number of benzene rings is 2. The molecule has 2 aliphatic heterocycles. The van der Waals surface area contributed by atoms with E-state index in [1.807, 2.05) is 59.5 Å². The molecule has 2 aromatic carbocycles. The van der Waals surface area contributed by atoms with E-state index in [9.17, 15) is 9.59 Å². The Kier molecular flexibility index (Phi) is 6.64. The minimum absolute atomic E-state index is 0.0663. The van der Waals surface area contributed by atoms with Crippen LogP contribution in [0.3, 0.4) is 0 Å². The van der Waals surface area contributed by atoms with Crippen LogP contribution in [0, 0.1) is 5.92 Å². The van der Waals surface area contributed by atoms with Crippen molar-refractivity contribution in [2.24, 2.45) is 5.92 Å². The molecule has 0 spiro atoms. The van der Waals surface area contributed by atoms with Crippen LogP contribution in [0.5, 0.6) is 11.5 Å². The topological polar surface area (TPSA) is 61.9 Å². The van der Waals surface area contributed by atoms with Gasteiger partial charge in [0.05, 0.1) is 12.2 Å². The number of nitrogens with zero attached hydrogens (tertiary/aromatic N) is 2. The highest BCUT2D eigenvalue weighted by molar-refractivity contribution is 5.93. The monoisotopic (exact) mass is 407 g/mol. The van der Waals surface area contributed by atoms with Crippen molar-refractivity contribution in [1.29, 1.82) is 0 Å². The van der Waals surface area contributed by atoms with Gasteiger partial charge in [0.2, 0.25) is 11.8 Å². The number of hydrogen-bond donors (Lipinski definition) is 1. The van der Waals surface area contributed by atoms with Gasteiger partial charge in [0.15, 0.2) is 5.75 Å². The van der Waals surface area contributed by atoms with Gasteiger partial charge in [-0.15, -0.1) is 0 Å². The van der Waals surface area contributed by atoms with Crippen molar-refractivity contribution < 1.29 is 14.3 Å². The molecule has 1 N–H and O–H groups in total. The number of anilines is 1. The number of nitrogens with one attached hydrogen (secondary N) is 1. The van der Waals surface area contributed by atoms with Crippen molar-refractivity contribution >= 4 is 17.5 Å². The number of amides is 2. The molecule has 0 radical (unpaired) electrons. The Morgan fingerprint density at radius 3 is 2.30 bits per heavy atom. The average molecular weight is 408 g/mol. The minimum Gasteiger partial charge on any atom is -0.455 e. The van der Waals surface area contributed by atoms with Crippen LogP contribution in [-0.2, 0) is 9.59 Å². The molecule has 2 aliphatic rings. The smallest absolute Gasteiger partial charge is 0.238 e. The SMILES string of the molecule is O=C(CN1CCC(C(=O)N2CCCC2)CC1)Nc1ccccc1Oc1ccccc1. The van der Waals surface area contributed by atoms with Crippen molar-refractivity contribution in [2.75, 3.05) is 38.0 Å². The van der Waals surface area contributed by atoms with E-state index in [4.69, 9.17) is 4.74 Å². The zero-order valence-corrected chi connectivity index (χ0v) is 17.3. The lowest BCUT2D eigenvalue weighted by Crippen LogP contribution is -2.43. The first kappa shape index (κ1) is 20.4. The fourth-order valence-corrected chi connectivity index (χ4v) is 4.20.